The standard InChI is InChI=1S/C20H17N3O2/c1-24-13-15-5-6-17(12-22-15)25-16-7-8-18-14(10-16)11-20(23-18)19-4-2-3-9-21-19/h2-12,23H,13H2,1H3. The van der Waals surface area contributed by atoms with Gasteiger partial charge >= 0.3 is 0 Å². The highest BCUT2D eigenvalue weighted by Crippen LogP contribution is 2.28. The molecule has 5 nitrogen and oxygen atoms in total. The minimum absolute atomic E-state index is 0.492. The highest BCUT2D eigenvalue weighted by Gasteiger charge is 2.06. The number of rotatable bonds is 5. The van der Waals surface area contributed by atoms with E-state index in [2.05, 4.69) is 21.0 Å². The van der Waals surface area contributed by atoms with Gasteiger partial charge in [-0.3, -0.25) is 9.97 Å². The molecular weight excluding hydrogens is 314 g/mol. The molecule has 0 aliphatic rings. The zero-order valence-corrected chi connectivity index (χ0v) is 13.8. The zero-order chi connectivity index (χ0) is 17.1. The highest BCUT2D eigenvalue weighted by molar-refractivity contribution is 5.86. The fraction of sp³-hybridized carbons (Fsp3) is 0.100. The molecule has 3 aromatic heterocycles. The van der Waals surface area contributed by atoms with Gasteiger partial charge in [-0.05, 0) is 48.5 Å². The third kappa shape index (κ3) is 3.36. The first-order valence-corrected chi connectivity index (χ1v) is 7.98. The normalized spacial score (nSPS) is 10.9. The lowest BCUT2D eigenvalue weighted by Crippen LogP contribution is -1.92. The molecule has 0 bridgehead atoms. The number of benzene rings is 1. The molecule has 4 rings (SSSR count). The van der Waals surface area contributed by atoms with Gasteiger partial charge in [-0.15, -0.1) is 0 Å². The summed E-state index contributed by atoms with van der Waals surface area (Å²) in [5.41, 5.74) is 3.81. The Kier molecular flexibility index (Phi) is 4.14. The third-order valence-electron chi connectivity index (χ3n) is 3.86. The second-order valence-corrected chi connectivity index (χ2v) is 5.67. The average Bonchev–Trinajstić information content (AvgIpc) is 3.08. The van der Waals surface area contributed by atoms with Crippen LogP contribution in [0.2, 0.25) is 0 Å². The van der Waals surface area contributed by atoms with Crippen molar-refractivity contribution in [3.05, 3.63) is 72.7 Å². The van der Waals surface area contributed by atoms with E-state index in [-0.39, 0.29) is 0 Å². The van der Waals surface area contributed by atoms with Crippen molar-refractivity contribution in [2.45, 2.75) is 6.61 Å². The molecule has 3 heterocycles. The number of aromatic nitrogens is 3. The summed E-state index contributed by atoms with van der Waals surface area (Å²) in [4.78, 5) is 12.1. The summed E-state index contributed by atoms with van der Waals surface area (Å²) in [6, 6.07) is 17.7. The number of hydrogen-bond acceptors (Lipinski definition) is 4. The minimum Gasteiger partial charge on any atom is -0.456 e. The zero-order valence-electron chi connectivity index (χ0n) is 13.8. The Hall–Kier alpha value is -3.18. The van der Waals surface area contributed by atoms with Gasteiger partial charge < -0.3 is 14.5 Å². The van der Waals surface area contributed by atoms with Crippen molar-refractivity contribution in [1.82, 2.24) is 15.0 Å². The SMILES string of the molecule is COCc1ccc(Oc2ccc3[nH]c(-c4ccccn4)cc3c2)cn1. The maximum atomic E-state index is 5.90. The van der Waals surface area contributed by atoms with Crippen LogP contribution in [-0.2, 0) is 11.3 Å². The number of aromatic amines is 1. The van der Waals surface area contributed by atoms with E-state index in [4.69, 9.17) is 9.47 Å². The van der Waals surface area contributed by atoms with E-state index in [9.17, 15) is 0 Å². The molecule has 0 aliphatic carbocycles. The van der Waals surface area contributed by atoms with Crippen LogP contribution in [0.3, 0.4) is 0 Å². The number of hydrogen-bond donors (Lipinski definition) is 1. The number of nitrogens with one attached hydrogen (secondary N) is 1. The molecule has 4 aromatic rings. The number of pyridine rings is 2. The number of ether oxygens (including phenoxy) is 2. The van der Waals surface area contributed by atoms with Crippen LogP contribution in [0.25, 0.3) is 22.3 Å². The van der Waals surface area contributed by atoms with Crippen molar-refractivity contribution in [3.63, 3.8) is 0 Å². The molecule has 0 atom stereocenters. The Morgan fingerprint density at radius 1 is 0.960 bits per heavy atom. The molecule has 5 heteroatoms. The predicted octanol–water partition coefficient (Wildman–Crippen LogP) is 4.56. The monoisotopic (exact) mass is 331 g/mol. The van der Waals surface area contributed by atoms with Crippen LogP contribution in [0.4, 0.5) is 0 Å². The summed E-state index contributed by atoms with van der Waals surface area (Å²) in [7, 11) is 1.65. The lowest BCUT2D eigenvalue weighted by Gasteiger charge is -2.06. The lowest BCUT2D eigenvalue weighted by atomic mass is 10.2. The quantitative estimate of drug-likeness (QED) is 0.582. The van der Waals surface area contributed by atoms with Gasteiger partial charge in [0, 0.05) is 24.2 Å². The van der Waals surface area contributed by atoms with E-state index in [0.29, 0.717) is 12.4 Å². The molecule has 0 aliphatic heterocycles. The molecule has 0 radical (unpaired) electrons. The van der Waals surface area contributed by atoms with E-state index in [1.54, 1.807) is 19.5 Å². The minimum atomic E-state index is 0.492. The van der Waals surface area contributed by atoms with Gasteiger partial charge in [-0.2, -0.15) is 0 Å². The molecule has 0 saturated carbocycles. The molecular formula is C20H17N3O2. The van der Waals surface area contributed by atoms with Gasteiger partial charge in [0.1, 0.15) is 11.5 Å². The van der Waals surface area contributed by atoms with Crippen molar-refractivity contribution in [2.24, 2.45) is 0 Å². The number of methoxy groups -OCH3 is 1. The fourth-order valence-corrected chi connectivity index (χ4v) is 2.67. The highest BCUT2D eigenvalue weighted by atomic mass is 16.5. The van der Waals surface area contributed by atoms with Crippen molar-refractivity contribution in [2.75, 3.05) is 7.11 Å². The molecule has 0 unspecified atom stereocenters. The van der Waals surface area contributed by atoms with E-state index in [1.165, 1.54) is 0 Å². The Balaban J connectivity index is 1.58. The van der Waals surface area contributed by atoms with E-state index in [0.717, 1.165) is 33.7 Å². The van der Waals surface area contributed by atoms with Gasteiger partial charge in [-0.1, -0.05) is 6.07 Å². The molecule has 1 aromatic carbocycles. The van der Waals surface area contributed by atoms with Crippen LogP contribution in [0.1, 0.15) is 5.69 Å². The Morgan fingerprint density at radius 2 is 1.88 bits per heavy atom. The topological polar surface area (TPSA) is 60.0 Å². The van der Waals surface area contributed by atoms with Gasteiger partial charge in [0.2, 0.25) is 0 Å². The van der Waals surface area contributed by atoms with Crippen molar-refractivity contribution in [1.29, 1.82) is 0 Å². The van der Waals surface area contributed by atoms with Crippen molar-refractivity contribution in [3.8, 4) is 22.9 Å². The van der Waals surface area contributed by atoms with E-state index >= 15 is 0 Å². The van der Waals surface area contributed by atoms with Crippen LogP contribution >= 0.6 is 0 Å². The maximum Gasteiger partial charge on any atom is 0.145 e. The molecule has 0 spiro atoms. The largest absolute Gasteiger partial charge is 0.456 e. The first kappa shape index (κ1) is 15.4. The summed E-state index contributed by atoms with van der Waals surface area (Å²) >= 11 is 0. The van der Waals surface area contributed by atoms with Crippen LogP contribution in [0.15, 0.2) is 67.0 Å². The molecule has 25 heavy (non-hydrogen) atoms. The summed E-state index contributed by atoms with van der Waals surface area (Å²) in [5, 5.41) is 1.07. The van der Waals surface area contributed by atoms with Crippen molar-refractivity contribution < 1.29 is 9.47 Å². The van der Waals surface area contributed by atoms with E-state index < -0.39 is 0 Å². The number of H-pyrrole nitrogens is 1. The summed E-state index contributed by atoms with van der Waals surface area (Å²) in [6.45, 7) is 0.492. The van der Waals surface area contributed by atoms with Crippen molar-refractivity contribution >= 4 is 10.9 Å². The Morgan fingerprint density at radius 3 is 2.64 bits per heavy atom. The van der Waals surface area contributed by atoms with Crippen LogP contribution < -0.4 is 4.74 Å². The van der Waals surface area contributed by atoms with Gasteiger partial charge in [0.15, 0.2) is 0 Å². The molecule has 0 fully saturated rings. The van der Waals surface area contributed by atoms with Crippen LogP contribution in [-0.4, -0.2) is 22.1 Å². The Labute approximate surface area is 145 Å². The predicted molar refractivity (Wildman–Crippen MR) is 96.6 cm³/mol. The smallest absolute Gasteiger partial charge is 0.145 e. The third-order valence-corrected chi connectivity index (χ3v) is 3.86. The van der Waals surface area contributed by atoms with Gasteiger partial charge in [0.25, 0.3) is 0 Å². The van der Waals surface area contributed by atoms with E-state index in [1.807, 2.05) is 48.5 Å². The first-order chi connectivity index (χ1) is 12.3. The fourth-order valence-electron chi connectivity index (χ4n) is 2.67. The molecule has 0 amide bonds. The summed E-state index contributed by atoms with van der Waals surface area (Å²) in [6.07, 6.45) is 3.49. The lowest BCUT2D eigenvalue weighted by molar-refractivity contribution is 0.181. The van der Waals surface area contributed by atoms with Crippen LogP contribution in [0, 0.1) is 0 Å². The Bertz CT molecular complexity index is 979. The van der Waals surface area contributed by atoms with Gasteiger partial charge in [0.05, 0.1) is 29.9 Å². The summed E-state index contributed by atoms with van der Waals surface area (Å²) in [5.74, 6) is 1.46. The average molecular weight is 331 g/mol. The van der Waals surface area contributed by atoms with Gasteiger partial charge in [-0.25, -0.2) is 0 Å². The molecule has 124 valence electrons. The molecule has 1 N–H and O–H groups in total. The van der Waals surface area contributed by atoms with Crippen LogP contribution in [0.5, 0.6) is 11.5 Å². The second kappa shape index (κ2) is 6.75. The number of fused-ring (bicyclic) bond motifs is 1. The number of nitrogens with zero attached hydrogens (tertiary/aromatic N) is 2. The summed E-state index contributed by atoms with van der Waals surface area (Å²) < 4.78 is 11.0. The first-order valence-electron chi connectivity index (χ1n) is 7.98. The second-order valence-electron chi connectivity index (χ2n) is 5.67. The molecule has 0 saturated heterocycles. The maximum absolute atomic E-state index is 5.90.